The fraction of sp³-hybridized carbons (Fsp3) is 0.273. The first kappa shape index (κ1) is 13.0. The second-order valence-corrected chi connectivity index (χ2v) is 4.22. The first-order valence-electron chi connectivity index (χ1n) is 4.46. The van der Waals surface area contributed by atoms with Gasteiger partial charge >= 0.3 is 5.97 Å². The summed E-state index contributed by atoms with van der Waals surface area (Å²) in [5, 5.41) is 8.98. The number of esters is 1. The molecular formula is C11H9BrClNO2. The van der Waals surface area contributed by atoms with Gasteiger partial charge in [0.1, 0.15) is 0 Å². The molecule has 0 aliphatic carbocycles. The normalized spacial score (nSPS) is 9.62. The average Bonchev–Trinajstić information content (AvgIpc) is 2.30. The predicted octanol–water partition coefficient (Wildman–Crippen LogP) is 2.78. The lowest BCUT2D eigenvalue weighted by Gasteiger charge is -2.07. The summed E-state index contributed by atoms with van der Waals surface area (Å²) < 4.78 is 5.27. The zero-order chi connectivity index (χ0) is 12.1. The van der Waals surface area contributed by atoms with Gasteiger partial charge in [-0.3, -0.25) is 4.79 Å². The fourth-order valence-electron chi connectivity index (χ4n) is 1.27. The van der Waals surface area contributed by atoms with Gasteiger partial charge < -0.3 is 4.74 Å². The maximum absolute atomic E-state index is 11.2. The van der Waals surface area contributed by atoms with E-state index in [1.54, 1.807) is 12.1 Å². The minimum absolute atomic E-state index is 0.0720. The number of alkyl halides is 1. The van der Waals surface area contributed by atoms with Gasteiger partial charge in [0.25, 0.3) is 0 Å². The molecule has 0 aromatic heterocycles. The molecule has 0 heterocycles. The van der Waals surface area contributed by atoms with Crippen molar-refractivity contribution in [3.8, 4) is 6.07 Å². The summed E-state index contributed by atoms with van der Waals surface area (Å²) in [6.45, 7) is 0. The number of carbonyl (C=O) groups excluding carboxylic acids is 1. The van der Waals surface area contributed by atoms with E-state index in [1.165, 1.54) is 7.11 Å². The molecule has 0 aliphatic heterocycles. The lowest BCUT2D eigenvalue weighted by molar-refractivity contribution is -0.139. The second kappa shape index (κ2) is 5.88. The number of halogens is 2. The van der Waals surface area contributed by atoms with Gasteiger partial charge in [0.05, 0.1) is 25.2 Å². The van der Waals surface area contributed by atoms with Crippen molar-refractivity contribution >= 4 is 33.5 Å². The van der Waals surface area contributed by atoms with E-state index in [0.29, 0.717) is 21.5 Å². The maximum Gasteiger partial charge on any atom is 0.310 e. The van der Waals surface area contributed by atoms with Crippen molar-refractivity contribution in [2.75, 3.05) is 7.11 Å². The highest BCUT2D eigenvalue weighted by Gasteiger charge is 2.13. The highest BCUT2D eigenvalue weighted by atomic mass is 79.9. The molecule has 0 saturated carbocycles. The van der Waals surface area contributed by atoms with Crippen LogP contribution in [0, 0.1) is 11.3 Å². The molecule has 0 unspecified atom stereocenters. The van der Waals surface area contributed by atoms with Crippen LogP contribution in [0.25, 0.3) is 0 Å². The van der Waals surface area contributed by atoms with Crippen molar-refractivity contribution < 1.29 is 9.53 Å². The molecule has 0 aliphatic rings. The molecule has 1 aromatic rings. The molecule has 0 radical (unpaired) electrons. The number of carbonyl (C=O) groups is 1. The zero-order valence-electron chi connectivity index (χ0n) is 8.59. The van der Waals surface area contributed by atoms with Crippen molar-refractivity contribution in [1.82, 2.24) is 0 Å². The van der Waals surface area contributed by atoms with Crippen LogP contribution >= 0.6 is 27.5 Å². The summed E-state index contributed by atoms with van der Waals surface area (Å²) >= 11 is 9.01. The van der Waals surface area contributed by atoms with Crippen molar-refractivity contribution in [3.05, 3.63) is 33.3 Å². The Morgan fingerprint density at radius 3 is 2.81 bits per heavy atom. The molecule has 0 amide bonds. The van der Waals surface area contributed by atoms with E-state index in [9.17, 15) is 4.79 Å². The summed E-state index contributed by atoms with van der Waals surface area (Å²) in [7, 11) is 1.31. The van der Waals surface area contributed by atoms with Crippen molar-refractivity contribution in [3.63, 3.8) is 0 Å². The molecule has 16 heavy (non-hydrogen) atoms. The number of benzene rings is 1. The van der Waals surface area contributed by atoms with Gasteiger partial charge in [-0.05, 0) is 23.3 Å². The monoisotopic (exact) mass is 301 g/mol. The fourth-order valence-corrected chi connectivity index (χ4v) is 2.07. The van der Waals surface area contributed by atoms with E-state index in [2.05, 4.69) is 20.7 Å². The number of hydrogen-bond acceptors (Lipinski definition) is 3. The van der Waals surface area contributed by atoms with Gasteiger partial charge in [0.2, 0.25) is 0 Å². The van der Waals surface area contributed by atoms with Gasteiger partial charge in [-0.15, -0.1) is 11.6 Å². The molecule has 0 atom stereocenters. The van der Waals surface area contributed by atoms with Crippen molar-refractivity contribution in [1.29, 1.82) is 5.26 Å². The van der Waals surface area contributed by atoms with Crippen LogP contribution in [-0.2, 0) is 21.8 Å². The Hall–Kier alpha value is -1.05. The Labute approximate surface area is 107 Å². The van der Waals surface area contributed by atoms with Crippen LogP contribution in [0.15, 0.2) is 16.6 Å². The number of hydrogen-bond donors (Lipinski definition) is 0. The minimum Gasteiger partial charge on any atom is -0.469 e. The second-order valence-electron chi connectivity index (χ2n) is 3.10. The van der Waals surface area contributed by atoms with Crippen molar-refractivity contribution in [2.24, 2.45) is 0 Å². The lowest BCUT2D eigenvalue weighted by Crippen LogP contribution is -2.07. The standard InChI is InChI=1S/C11H9BrClNO2/c1-16-11(15)4-9-8(6-14)2-7(5-13)3-10(9)12/h2-3H,4-5H2,1H3. The van der Waals surface area contributed by atoms with Crippen LogP contribution in [-0.4, -0.2) is 13.1 Å². The Balaban J connectivity index is 3.18. The molecule has 1 aromatic carbocycles. The predicted molar refractivity (Wildman–Crippen MR) is 64.1 cm³/mol. The molecule has 5 heteroatoms. The topological polar surface area (TPSA) is 50.1 Å². The maximum atomic E-state index is 11.2. The molecule has 1 rings (SSSR count). The first-order chi connectivity index (χ1) is 7.62. The highest BCUT2D eigenvalue weighted by Crippen LogP contribution is 2.24. The molecule has 3 nitrogen and oxygen atoms in total. The van der Waals surface area contributed by atoms with Gasteiger partial charge in [-0.2, -0.15) is 5.26 Å². The Morgan fingerprint density at radius 1 is 1.62 bits per heavy atom. The summed E-state index contributed by atoms with van der Waals surface area (Å²) in [6, 6.07) is 5.52. The lowest BCUT2D eigenvalue weighted by atomic mass is 10.0. The zero-order valence-corrected chi connectivity index (χ0v) is 10.9. The quantitative estimate of drug-likeness (QED) is 0.637. The third-order valence-corrected chi connectivity index (χ3v) is 3.09. The van der Waals surface area contributed by atoms with Crippen molar-refractivity contribution in [2.45, 2.75) is 12.3 Å². The van der Waals surface area contributed by atoms with E-state index < -0.39 is 0 Å². The molecule has 0 bridgehead atoms. The van der Waals surface area contributed by atoms with Crippen LogP contribution in [0.5, 0.6) is 0 Å². The van der Waals surface area contributed by atoms with E-state index in [4.69, 9.17) is 16.9 Å². The van der Waals surface area contributed by atoms with E-state index >= 15 is 0 Å². The highest BCUT2D eigenvalue weighted by molar-refractivity contribution is 9.10. The molecular weight excluding hydrogens is 293 g/mol. The molecule has 84 valence electrons. The number of rotatable bonds is 3. The van der Waals surface area contributed by atoms with Gasteiger partial charge in [0, 0.05) is 10.4 Å². The third kappa shape index (κ3) is 2.97. The van der Waals surface area contributed by atoms with Crippen LogP contribution in [0.2, 0.25) is 0 Å². The van der Waals surface area contributed by atoms with Crippen LogP contribution in [0.4, 0.5) is 0 Å². The summed E-state index contributed by atoms with van der Waals surface area (Å²) in [5.41, 5.74) is 1.90. The number of ether oxygens (including phenoxy) is 1. The summed E-state index contributed by atoms with van der Waals surface area (Å²) in [6.07, 6.45) is 0.0720. The average molecular weight is 303 g/mol. The number of methoxy groups -OCH3 is 1. The summed E-state index contributed by atoms with van der Waals surface area (Å²) in [4.78, 5) is 11.2. The van der Waals surface area contributed by atoms with Crippen LogP contribution < -0.4 is 0 Å². The Bertz CT molecular complexity index is 454. The SMILES string of the molecule is COC(=O)Cc1c(Br)cc(CCl)cc1C#N. The smallest absolute Gasteiger partial charge is 0.310 e. The molecule has 0 saturated heterocycles. The van der Waals surface area contributed by atoms with Gasteiger partial charge in [0.15, 0.2) is 0 Å². The largest absolute Gasteiger partial charge is 0.469 e. The van der Waals surface area contributed by atoms with E-state index in [0.717, 1.165) is 5.56 Å². The minimum atomic E-state index is -0.379. The molecule has 0 fully saturated rings. The summed E-state index contributed by atoms with van der Waals surface area (Å²) in [5.74, 6) is -0.0537. The van der Waals surface area contributed by atoms with Crippen LogP contribution in [0.1, 0.15) is 16.7 Å². The van der Waals surface area contributed by atoms with E-state index in [-0.39, 0.29) is 12.4 Å². The van der Waals surface area contributed by atoms with Gasteiger partial charge in [-0.25, -0.2) is 0 Å². The van der Waals surface area contributed by atoms with Gasteiger partial charge in [-0.1, -0.05) is 15.9 Å². The van der Waals surface area contributed by atoms with E-state index in [1.807, 2.05) is 6.07 Å². The van der Waals surface area contributed by atoms with Crippen LogP contribution in [0.3, 0.4) is 0 Å². The Kier molecular flexibility index (Phi) is 4.78. The number of nitrogens with zero attached hydrogens (tertiary/aromatic N) is 1. The Morgan fingerprint density at radius 2 is 2.31 bits per heavy atom. The first-order valence-corrected chi connectivity index (χ1v) is 5.79. The molecule has 0 spiro atoms. The number of nitriles is 1. The molecule has 0 N–H and O–H groups in total. The third-order valence-electron chi connectivity index (χ3n) is 2.08.